The number of aryl methyl sites for hydroxylation is 2. The second-order valence-corrected chi connectivity index (χ2v) is 7.57. The quantitative estimate of drug-likeness (QED) is 0.222. The number of hydrogen-bond donors (Lipinski definition) is 0. The van der Waals surface area contributed by atoms with Crippen molar-refractivity contribution in [3.8, 4) is 11.5 Å². The summed E-state index contributed by atoms with van der Waals surface area (Å²) in [6, 6.07) is 19.7. The van der Waals surface area contributed by atoms with Crippen molar-refractivity contribution in [3.05, 3.63) is 113 Å². The van der Waals surface area contributed by atoms with Gasteiger partial charge in [-0.1, -0.05) is 48.5 Å². The molecule has 4 nitrogen and oxygen atoms in total. The molecule has 0 heterocycles. The maximum Gasteiger partial charge on any atom is 0.343 e. The summed E-state index contributed by atoms with van der Waals surface area (Å²) in [4.78, 5) is 23.7. The smallest absolute Gasteiger partial charge is 0.343 e. The summed E-state index contributed by atoms with van der Waals surface area (Å²) in [5.74, 6) is -0.221. The van der Waals surface area contributed by atoms with E-state index in [1.54, 1.807) is 18.2 Å². The topological polar surface area (TPSA) is 52.6 Å². The van der Waals surface area contributed by atoms with Gasteiger partial charge in [-0.2, -0.15) is 0 Å². The number of carbonyl (C=O) groups is 2. The van der Waals surface area contributed by atoms with Gasteiger partial charge in [-0.3, -0.25) is 0 Å². The lowest BCUT2D eigenvalue weighted by atomic mass is 10.1. The van der Waals surface area contributed by atoms with E-state index in [2.05, 4.69) is 18.7 Å². The highest BCUT2D eigenvalue weighted by molar-refractivity contribution is 6.30. The second kappa shape index (κ2) is 11.1. The Labute approximate surface area is 192 Å². The van der Waals surface area contributed by atoms with Gasteiger partial charge in [0.05, 0.1) is 5.56 Å². The predicted octanol–water partition coefficient (Wildman–Crippen LogP) is 6.61. The van der Waals surface area contributed by atoms with Gasteiger partial charge in [0.2, 0.25) is 0 Å². The average Bonchev–Trinajstić information content (AvgIpc) is 2.80. The fourth-order valence-corrected chi connectivity index (χ4v) is 3.11. The molecule has 0 saturated heterocycles. The molecular formula is C27H23ClO4. The second-order valence-electron chi connectivity index (χ2n) is 7.13. The zero-order valence-corrected chi connectivity index (χ0v) is 18.5. The lowest BCUT2D eigenvalue weighted by Crippen LogP contribution is -2.09. The summed E-state index contributed by atoms with van der Waals surface area (Å²) in [6.45, 7) is 5.24. The van der Waals surface area contributed by atoms with Crippen molar-refractivity contribution in [2.75, 3.05) is 0 Å². The fraction of sp³-hybridized carbons (Fsp3) is 0.111. The summed E-state index contributed by atoms with van der Waals surface area (Å²) < 4.78 is 10.5. The first-order valence-electron chi connectivity index (χ1n) is 10.1. The van der Waals surface area contributed by atoms with Crippen molar-refractivity contribution < 1.29 is 19.1 Å². The largest absolute Gasteiger partial charge is 0.423 e. The summed E-state index contributed by atoms with van der Waals surface area (Å²) in [5, 5.41) is 0.742. The van der Waals surface area contributed by atoms with Gasteiger partial charge in [0.25, 0.3) is 0 Å². The Morgan fingerprint density at radius 1 is 0.969 bits per heavy atom. The van der Waals surface area contributed by atoms with E-state index in [0.29, 0.717) is 17.1 Å². The van der Waals surface area contributed by atoms with Gasteiger partial charge in [0.1, 0.15) is 11.5 Å². The number of carbonyl (C=O) groups excluding carboxylic acids is 2. The van der Waals surface area contributed by atoms with E-state index in [9.17, 15) is 9.59 Å². The molecule has 0 aliphatic heterocycles. The molecule has 0 bridgehead atoms. The van der Waals surface area contributed by atoms with Crippen LogP contribution in [0, 0.1) is 6.92 Å². The third kappa shape index (κ3) is 6.69. The Balaban J connectivity index is 1.56. The molecule has 0 radical (unpaired) electrons. The monoisotopic (exact) mass is 446 g/mol. The molecule has 0 atom stereocenters. The number of benzene rings is 3. The highest BCUT2D eigenvalue weighted by atomic mass is 35.5. The lowest BCUT2D eigenvalue weighted by molar-refractivity contribution is -0.128. The number of halogens is 1. The van der Waals surface area contributed by atoms with E-state index in [-0.39, 0.29) is 0 Å². The van der Waals surface area contributed by atoms with E-state index < -0.39 is 11.9 Å². The molecule has 3 aromatic carbocycles. The zero-order valence-electron chi connectivity index (χ0n) is 17.7. The number of hydrogen-bond acceptors (Lipinski definition) is 4. The zero-order chi connectivity index (χ0) is 22.9. The fourth-order valence-electron chi connectivity index (χ4n) is 2.99. The third-order valence-corrected chi connectivity index (χ3v) is 4.95. The Kier molecular flexibility index (Phi) is 8.01. The van der Waals surface area contributed by atoms with Gasteiger partial charge in [-0.25, -0.2) is 9.59 Å². The van der Waals surface area contributed by atoms with Crippen LogP contribution in [-0.4, -0.2) is 11.9 Å². The Bertz CT molecular complexity index is 1130. The summed E-state index contributed by atoms with van der Waals surface area (Å²) in [5.41, 5.74) is 3.49. The number of ether oxygens (including phenoxy) is 2. The van der Waals surface area contributed by atoms with E-state index in [1.165, 1.54) is 17.7 Å². The lowest BCUT2D eigenvalue weighted by Gasteiger charge is -2.09. The van der Waals surface area contributed by atoms with Crippen LogP contribution in [0.25, 0.3) is 6.08 Å². The number of rotatable bonds is 8. The number of allylic oxidation sites excluding steroid dienone is 1. The minimum atomic E-state index is -0.560. The molecule has 162 valence electrons. The van der Waals surface area contributed by atoms with Gasteiger partial charge in [-0.15, -0.1) is 0 Å². The van der Waals surface area contributed by atoms with E-state index in [4.69, 9.17) is 21.1 Å². The van der Waals surface area contributed by atoms with Gasteiger partial charge in [-0.05, 0) is 85.0 Å². The van der Waals surface area contributed by atoms with Crippen molar-refractivity contribution in [1.29, 1.82) is 0 Å². The molecule has 0 aliphatic carbocycles. The van der Waals surface area contributed by atoms with E-state index in [0.717, 1.165) is 35.1 Å². The summed E-state index contributed by atoms with van der Waals surface area (Å²) in [7, 11) is 0. The molecule has 0 fully saturated rings. The van der Waals surface area contributed by atoms with Crippen LogP contribution in [0.1, 0.15) is 33.5 Å². The molecule has 0 N–H and O–H groups in total. The highest BCUT2D eigenvalue weighted by Gasteiger charge is 2.11. The molecule has 32 heavy (non-hydrogen) atoms. The molecular weight excluding hydrogens is 424 g/mol. The molecule has 0 aromatic heterocycles. The molecule has 0 unspecified atom stereocenters. The van der Waals surface area contributed by atoms with Crippen LogP contribution in [-0.2, 0) is 11.2 Å². The van der Waals surface area contributed by atoms with Gasteiger partial charge >= 0.3 is 11.9 Å². The van der Waals surface area contributed by atoms with Crippen LogP contribution in [0.3, 0.4) is 0 Å². The van der Waals surface area contributed by atoms with Crippen molar-refractivity contribution in [3.63, 3.8) is 0 Å². The van der Waals surface area contributed by atoms with Crippen LogP contribution >= 0.6 is 11.6 Å². The first-order chi connectivity index (χ1) is 15.4. The Morgan fingerprint density at radius 3 is 2.34 bits per heavy atom. The van der Waals surface area contributed by atoms with Gasteiger partial charge in [0.15, 0.2) is 0 Å². The van der Waals surface area contributed by atoms with E-state index >= 15 is 0 Å². The molecule has 0 spiro atoms. The first-order valence-corrected chi connectivity index (χ1v) is 10.5. The SMILES string of the molecule is C=CC(=O)Oc1ccc(C(=O)Oc2ccc(C=CCCc3ccc(Cl)cc3)cc2C)cc1. The normalized spacial score (nSPS) is 10.7. The van der Waals surface area contributed by atoms with Crippen molar-refractivity contribution in [2.24, 2.45) is 0 Å². The summed E-state index contributed by atoms with van der Waals surface area (Å²) >= 11 is 5.91. The molecule has 3 rings (SSSR count). The van der Waals surface area contributed by atoms with Crippen molar-refractivity contribution in [1.82, 2.24) is 0 Å². The minimum Gasteiger partial charge on any atom is -0.423 e. The maximum absolute atomic E-state index is 12.4. The number of esters is 2. The van der Waals surface area contributed by atoms with Crippen LogP contribution in [0.4, 0.5) is 0 Å². The van der Waals surface area contributed by atoms with Crippen molar-refractivity contribution >= 4 is 29.6 Å². The molecule has 0 saturated carbocycles. The van der Waals surface area contributed by atoms with Crippen LogP contribution in [0.5, 0.6) is 11.5 Å². The minimum absolute atomic E-state index is 0.329. The van der Waals surface area contributed by atoms with Crippen LogP contribution in [0.15, 0.2) is 85.5 Å². The van der Waals surface area contributed by atoms with Crippen molar-refractivity contribution in [2.45, 2.75) is 19.8 Å². The Morgan fingerprint density at radius 2 is 1.69 bits per heavy atom. The van der Waals surface area contributed by atoms with Crippen LogP contribution < -0.4 is 9.47 Å². The third-order valence-electron chi connectivity index (χ3n) is 4.70. The highest BCUT2D eigenvalue weighted by Crippen LogP contribution is 2.22. The first kappa shape index (κ1) is 23.0. The predicted molar refractivity (Wildman–Crippen MR) is 127 cm³/mol. The van der Waals surface area contributed by atoms with Gasteiger partial charge in [0, 0.05) is 11.1 Å². The summed E-state index contributed by atoms with van der Waals surface area (Å²) in [6.07, 6.45) is 7.10. The van der Waals surface area contributed by atoms with E-state index in [1.807, 2.05) is 43.3 Å². The molecule has 3 aromatic rings. The molecule has 0 amide bonds. The standard InChI is InChI=1S/C27H23ClO4/c1-3-26(29)31-24-15-11-22(12-16-24)27(30)32-25-17-10-21(18-19(25)2)7-5-4-6-20-8-13-23(28)14-9-20/h3,5,7-18H,1,4,6H2,2H3. The average molecular weight is 447 g/mol. The Hall–Kier alpha value is -3.63. The van der Waals surface area contributed by atoms with Crippen LogP contribution in [0.2, 0.25) is 5.02 Å². The molecule has 0 aliphatic rings. The maximum atomic E-state index is 12.4. The molecule has 5 heteroatoms. The van der Waals surface area contributed by atoms with Gasteiger partial charge < -0.3 is 9.47 Å².